The fraction of sp³-hybridized carbons (Fsp3) is 0. The van der Waals surface area contributed by atoms with Crippen molar-refractivity contribution in [2.24, 2.45) is 0 Å². The summed E-state index contributed by atoms with van der Waals surface area (Å²) in [5.41, 5.74) is 11.2. The maximum Gasteiger partial charge on any atom is 0.0903 e. The van der Waals surface area contributed by atoms with Crippen LogP contribution >= 0.6 is 0 Å². The zero-order valence-corrected chi connectivity index (χ0v) is 37.8. The van der Waals surface area contributed by atoms with Gasteiger partial charge in [-0.1, -0.05) is 182 Å². The van der Waals surface area contributed by atoms with Crippen molar-refractivity contribution in [3.63, 3.8) is 0 Å². The van der Waals surface area contributed by atoms with E-state index in [-0.39, 0.29) is 0 Å². The lowest BCUT2D eigenvalue weighted by Gasteiger charge is -2.33. The Bertz CT molecular complexity index is 4070. The van der Waals surface area contributed by atoms with Crippen LogP contribution in [0.5, 0.6) is 0 Å². The van der Waals surface area contributed by atoms with E-state index in [2.05, 4.69) is 272 Å². The molecule has 0 saturated carbocycles. The molecule has 0 spiro atoms. The van der Waals surface area contributed by atoms with Crippen LogP contribution in [0.4, 0.5) is 11.4 Å². The number of benzene rings is 12. The standard InChI is InChI=1S/C64H40N6/c1-9-25-53-43(17-1)44-18-2-10-26-54(44)65(53)69(66-55-27-11-3-19-45(55)46-20-4-12-28-56(46)66)61-39-35-41-34-38-52-62(40-36-42-33-37-51(61)63(41)64(42)52)70(67-57-29-13-5-21-47(57)48-22-6-14-30-58(48)67)68-59-31-15-7-23-49(59)50-24-8-16-32-60(50)68/h1-40H. The first-order valence-corrected chi connectivity index (χ1v) is 24.0. The largest absolute Gasteiger partial charge is 0.233 e. The van der Waals surface area contributed by atoms with E-state index in [1.165, 1.54) is 64.6 Å². The van der Waals surface area contributed by atoms with Crippen molar-refractivity contribution in [2.45, 2.75) is 0 Å². The lowest BCUT2D eigenvalue weighted by atomic mass is 9.92. The van der Waals surface area contributed by atoms with E-state index >= 15 is 0 Å². The normalized spacial score (nSPS) is 12.3. The lowest BCUT2D eigenvalue weighted by Crippen LogP contribution is -2.35. The van der Waals surface area contributed by atoms with Gasteiger partial charge in [-0.2, -0.15) is 10.2 Å². The summed E-state index contributed by atoms with van der Waals surface area (Å²) >= 11 is 0. The van der Waals surface area contributed by atoms with Crippen molar-refractivity contribution < 1.29 is 0 Å². The number of hydrogen-bond acceptors (Lipinski definition) is 2. The molecular formula is C64H40N6. The van der Waals surface area contributed by atoms with Crippen LogP contribution < -0.4 is 10.2 Å². The molecule has 4 aromatic heterocycles. The van der Waals surface area contributed by atoms with Gasteiger partial charge in [0.25, 0.3) is 0 Å². The minimum Gasteiger partial charge on any atom is -0.233 e. The van der Waals surface area contributed by atoms with E-state index in [4.69, 9.17) is 0 Å². The van der Waals surface area contributed by atoms with E-state index in [1.807, 2.05) is 0 Å². The molecule has 70 heavy (non-hydrogen) atoms. The van der Waals surface area contributed by atoms with Gasteiger partial charge in [-0.05, 0) is 82.2 Å². The highest BCUT2D eigenvalue weighted by Gasteiger charge is 2.28. The van der Waals surface area contributed by atoms with E-state index in [0.29, 0.717) is 0 Å². The number of hydrogen-bond donors (Lipinski definition) is 0. The Balaban J connectivity index is 1.05. The van der Waals surface area contributed by atoms with Gasteiger partial charge in [0.15, 0.2) is 0 Å². The zero-order valence-electron chi connectivity index (χ0n) is 37.8. The number of fused-ring (bicyclic) bond motifs is 12. The average molecular weight is 893 g/mol. The predicted molar refractivity (Wildman–Crippen MR) is 294 cm³/mol. The number of nitrogens with zero attached hydrogens (tertiary/aromatic N) is 6. The highest BCUT2D eigenvalue weighted by atomic mass is 15.8. The molecule has 6 nitrogen and oxygen atoms in total. The topological polar surface area (TPSA) is 26.2 Å². The summed E-state index contributed by atoms with van der Waals surface area (Å²) in [6.45, 7) is 0. The van der Waals surface area contributed by atoms with E-state index < -0.39 is 0 Å². The van der Waals surface area contributed by atoms with Crippen LogP contribution in [0.3, 0.4) is 0 Å². The van der Waals surface area contributed by atoms with Crippen molar-refractivity contribution in [1.82, 2.24) is 18.7 Å². The van der Waals surface area contributed by atoms with Gasteiger partial charge in [-0.15, -0.1) is 0 Å². The molecule has 0 N–H and O–H groups in total. The monoisotopic (exact) mass is 892 g/mol. The van der Waals surface area contributed by atoms with Crippen LogP contribution in [0.25, 0.3) is 120 Å². The van der Waals surface area contributed by atoms with E-state index in [9.17, 15) is 0 Å². The van der Waals surface area contributed by atoms with Gasteiger partial charge in [0, 0.05) is 53.9 Å². The molecule has 4 heterocycles. The van der Waals surface area contributed by atoms with E-state index in [1.54, 1.807) is 0 Å². The van der Waals surface area contributed by atoms with Crippen molar-refractivity contribution in [3.8, 4) is 0 Å². The third-order valence-electron chi connectivity index (χ3n) is 15.0. The van der Waals surface area contributed by atoms with Crippen LogP contribution in [0.2, 0.25) is 0 Å². The van der Waals surface area contributed by atoms with Gasteiger partial charge in [0.1, 0.15) is 0 Å². The Morgan fingerprint density at radius 1 is 0.186 bits per heavy atom. The molecule has 16 aromatic rings. The summed E-state index contributed by atoms with van der Waals surface area (Å²) in [4.78, 5) is 0. The minimum atomic E-state index is 1.08. The summed E-state index contributed by atoms with van der Waals surface area (Å²) in [7, 11) is 0. The van der Waals surface area contributed by atoms with Crippen LogP contribution in [0.1, 0.15) is 0 Å². The second-order valence-electron chi connectivity index (χ2n) is 18.6. The molecule has 0 amide bonds. The van der Waals surface area contributed by atoms with Crippen molar-refractivity contribution in [2.75, 3.05) is 10.2 Å². The van der Waals surface area contributed by atoms with Crippen LogP contribution in [-0.2, 0) is 0 Å². The molecule has 326 valence electrons. The quantitative estimate of drug-likeness (QED) is 0.156. The van der Waals surface area contributed by atoms with Gasteiger partial charge in [-0.3, -0.25) is 0 Å². The van der Waals surface area contributed by atoms with Gasteiger partial charge in [0.05, 0.1) is 55.5 Å². The summed E-state index contributed by atoms with van der Waals surface area (Å²) < 4.78 is 9.75. The predicted octanol–water partition coefficient (Wildman–Crippen LogP) is 16.5. The van der Waals surface area contributed by atoms with Gasteiger partial charge in [-0.25, -0.2) is 18.7 Å². The van der Waals surface area contributed by atoms with Gasteiger partial charge in [0.2, 0.25) is 0 Å². The van der Waals surface area contributed by atoms with Crippen molar-refractivity contribution >= 4 is 131 Å². The molecular weight excluding hydrogens is 853 g/mol. The summed E-state index contributed by atoms with van der Waals surface area (Å²) in [5, 5.41) is 21.7. The highest BCUT2D eigenvalue weighted by Crippen LogP contribution is 2.46. The molecule has 0 saturated heterocycles. The molecule has 0 radical (unpaired) electrons. The molecule has 0 fully saturated rings. The Morgan fingerprint density at radius 3 is 0.614 bits per heavy atom. The van der Waals surface area contributed by atoms with Gasteiger partial charge < -0.3 is 0 Å². The molecule has 0 aliphatic heterocycles. The molecule has 6 heteroatoms. The Labute approximate surface area is 400 Å². The van der Waals surface area contributed by atoms with E-state index in [0.717, 1.165) is 66.3 Å². The lowest BCUT2D eigenvalue weighted by molar-refractivity contribution is 0.677. The van der Waals surface area contributed by atoms with Crippen molar-refractivity contribution in [1.29, 1.82) is 0 Å². The molecule has 0 aliphatic rings. The summed E-state index contributed by atoms with van der Waals surface area (Å²) in [6, 6.07) is 89.3. The fourth-order valence-electron chi connectivity index (χ4n) is 12.2. The SMILES string of the molecule is c1ccc2c(c1)c1ccccc1n2N(c1ccc2ccc3c(N(n4c5ccccc5c5ccccc54)n4c5ccccc5c5ccccc54)ccc4ccc1c2c43)n1c2ccccc2c2ccccc21. The maximum absolute atomic E-state index is 2.45. The summed E-state index contributed by atoms with van der Waals surface area (Å²) in [5.74, 6) is 0. The third-order valence-corrected chi connectivity index (χ3v) is 15.0. The zero-order chi connectivity index (χ0) is 45.6. The molecule has 0 unspecified atom stereocenters. The fourth-order valence-corrected chi connectivity index (χ4v) is 12.2. The molecule has 0 atom stereocenters. The minimum absolute atomic E-state index is 1.08. The first-order valence-electron chi connectivity index (χ1n) is 24.0. The number of anilines is 2. The smallest absolute Gasteiger partial charge is 0.0903 e. The number of aromatic nitrogens is 4. The summed E-state index contributed by atoms with van der Waals surface area (Å²) in [6.07, 6.45) is 0. The Morgan fingerprint density at radius 2 is 0.386 bits per heavy atom. The number of para-hydroxylation sites is 8. The molecule has 12 aromatic carbocycles. The second kappa shape index (κ2) is 14.0. The molecule has 0 aliphatic carbocycles. The van der Waals surface area contributed by atoms with Gasteiger partial charge >= 0.3 is 0 Å². The number of rotatable bonds is 6. The first-order chi connectivity index (χ1) is 34.8. The third kappa shape index (κ3) is 4.90. The Kier molecular flexibility index (Phi) is 7.52. The van der Waals surface area contributed by atoms with Crippen LogP contribution in [0.15, 0.2) is 243 Å². The molecule has 16 rings (SSSR count). The maximum atomic E-state index is 2.45. The van der Waals surface area contributed by atoms with Crippen LogP contribution in [0, 0.1) is 0 Å². The first kappa shape index (κ1) is 37.6. The molecule has 0 bridgehead atoms. The van der Waals surface area contributed by atoms with Crippen LogP contribution in [-0.4, -0.2) is 18.7 Å². The average Bonchev–Trinajstić information content (AvgIpc) is 4.15. The Hall–Kier alpha value is -9.52. The highest BCUT2D eigenvalue weighted by molar-refractivity contribution is 6.28. The second-order valence-corrected chi connectivity index (χ2v) is 18.6. The van der Waals surface area contributed by atoms with Crippen molar-refractivity contribution in [3.05, 3.63) is 243 Å².